The number of rotatable bonds is 7. The summed E-state index contributed by atoms with van der Waals surface area (Å²) in [7, 11) is 0. The molecular weight excluding hydrogens is 280 g/mol. The second-order valence-electron chi connectivity index (χ2n) is 6.30. The van der Waals surface area contributed by atoms with Crippen LogP contribution in [0, 0.1) is 19.8 Å². The Bertz CT molecular complexity index is 508. The highest BCUT2D eigenvalue weighted by molar-refractivity contribution is 5.74. The first kappa shape index (κ1) is 16.6. The van der Waals surface area contributed by atoms with Gasteiger partial charge >= 0.3 is 6.03 Å². The van der Waals surface area contributed by atoms with E-state index in [1.807, 2.05) is 39.0 Å². The van der Waals surface area contributed by atoms with Crippen molar-refractivity contribution < 1.29 is 14.6 Å². The zero-order valence-electron chi connectivity index (χ0n) is 13.6. The minimum Gasteiger partial charge on any atom is -0.491 e. The zero-order valence-corrected chi connectivity index (χ0v) is 13.6. The van der Waals surface area contributed by atoms with Gasteiger partial charge in [0.25, 0.3) is 0 Å². The van der Waals surface area contributed by atoms with Crippen LogP contribution in [0.25, 0.3) is 0 Å². The molecule has 1 saturated carbocycles. The molecule has 0 radical (unpaired) electrons. The molecule has 1 fully saturated rings. The number of aliphatic hydroxyl groups is 1. The second kappa shape index (κ2) is 7.01. The van der Waals surface area contributed by atoms with Gasteiger partial charge in [0.2, 0.25) is 0 Å². The molecule has 5 nitrogen and oxygen atoms in total. The summed E-state index contributed by atoms with van der Waals surface area (Å²) in [5, 5.41) is 15.1. The van der Waals surface area contributed by atoms with Gasteiger partial charge in [0.05, 0.1) is 18.7 Å². The van der Waals surface area contributed by atoms with E-state index in [1.54, 1.807) is 0 Å². The minimum atomic E-state index is -0.516. The Morgan fingerprint density at radius 3 is 2.55 bits per heavy atom. The summed E-state index contributed by atoms with van der Waals surface area (Å²) in [6.45, 7) is 6.70. The first-order valence-corrected chi connectivity index (χ1v) is 7.82. The average Bonchev–Trinajstić information content (AvgIpc) is 3.31. The lowest BCUT2D eigenvalue weighted by Crippen LogP contribution is -2.54. The number of amides is 2. The van der Waals surface area contributed by atoms with Gasteiger partial charge in [0.15, 0.2) is 0 Å². The number of carbonyl (C=O) groups excluding carboxylic acids is 1. The van der Waals surface area contributed by atoms with Crippen LogP contribution >= 0.6 is 0 Å². The van der Waals surface area contributed by atoms with Gasteiger partial charge in [0.1, 0.15) is 12.4 Å². The van der Waals surface area contributed by atoms with E-state index < -0.39 is 5.54 Å². The van der Waals surface area contributed by atoms with Gasteiger partial charge in [-0.3, -0.25) is 0 Å². The third kappa shape index (κ3) is 4.13. The van der Waals surface area contributed by atoms with Crippen LogP contribution in [0.3, 0.4) is 0 Å². The molecule has 0 aromatic heterocycles. The first-order valence-electron chi connectivity index (χ1n) is 7.82. The van der Waals surface area contributed by atoms with Crippen molar-refractivity contribution >= 4 is 6.03 Å². The lowest BCUT2D eigenvalue weighted by atomic mass is 9.97. The van der Waals surface area contributed by atoms with Crippen molar-refractivity contribution in [2.24, 2.45) is 5.92 Å². The smallest absolute Gasteiger partial charge is 0.315 e. The maximum Gasteiger partial charge on any atom is 0.315 e. The van der Waals surface area contributed by atoms with Crippen LogP contribution in [0.15, 0.2) is 18.2 Å². The number of ether oxygens (including phenoxy) is 1. The Hall–Kier alpha value is -1.75. The number of hydrogen-bond donors (Lipinski definition) is 3. The van der Waals surface area contributed by atoms with Crippen LogP contribution in [-0.2, 0) is 0 Å². The summed E-state index contributed by atoms with van der Waals surface area (Å²) in [6.07, 6.45) is 2.13. The highest BCUT2D eigenvalue weighted by Crippen LogP contribution is 2.39. The van der Waals surface area contributed by atoms with Gasteiger partial charge in [-0.2, -0.15) is 0 Å². The molecule has 2 amide bonds. The van der Waals surface area contributed by atoms with Crippen LogP contribution in [0.5, 0.6) is 5.75 Å². The largest absolute Gasteiger partial charge is 0.491 e. The topological polar surface area (TPSA) is 70.6 Å². The number of nitrogens with one attached hydrogen (secondary N) is 2. The molecule has 0 aliphatic heterocycles. The summed E-state index contributed by atoms with van der Waals surface area (Å²) in [4.78, 5) is 11.9. The maximum atomic E-state index is 11.9. The fraction of sp³-hybridized carbons (Fsp3) is 0.588. The molecule has 1 aliphatic rings. The third-order valence-corrected chi connectivity index (χ3v) is 4.25. The van der Waals surface area contributed by atoms with Crippen LogP contribution in [0.2, 0.25) is 0 Å². The quantitative estimate of drug-likeness (QED) is 0.676. The van der Waals surface area contributed by atoms with E-state index in [0.717, 1.165) is 29.7 Å². The monoisotopic (exact) mass is 306 g/mol. The lowest BCUT2D eigenvalue weighted by molar-refractivity contribution is 0.154. The van der Waals surface area contributed by atoms with Crippen molar-refractivity contribution in [1.82, 2.24) is 10.6 Å². The molecule has 1 unspecified atom stereocenters. The Balaban J connectivity index is 1.73. The van der Waals surface area contributed by atoms with Crippen molar-refractivity contribution in [2.45, 2.75) is 39.2 Å². The van der Waals surface area contributed by atoms with Crippen molar-refractivity contribution in [3.05, 3.63) is 29.3 Å². The molecule has 1 atom stereocenters. The number of hydrogen-bond acceptors (Lipinski definition) is 3. The molecule has 5 heteroatoms. The molecule has 1 aromatic rings. The Labute approximate surface area is 132 Å². The number of para-hydroxylation sites is 1. The predicted molar refractivity (Wildman–Crippen MR) is 86.2 cm³/mol. The summed E-state index contributed by atoms with van der Waals surface area (Å²) >= 11 is 0. The number of benzene rings is 1. The van der Waals surface area contributed by atoms with Crippen LogP contribution in [0.4, 0.5) is 4.79 Å². The molecule has 0 bridgehead atoms. The number of aryl methyl sites for hydroxylation is 2. The Morgan fingerprint density at radius 2 is 2.00 bits per heavy atom. The van der Waals surface area contributed by atoms with E-state index in [2.05, 4.69) is 10.6 Å². The normalized spacial score (nSPS) is 16.7. The van der Waals surface area contributed by atoms with Crippen LogP contribution in [-0.4, -0.2) is 36.4 Å². The van der Waals surface area contributed by atoms with E-state index in [9.17, 15) is 9.90 Å². The molecule has 0 saturated heterocycles. The molecule has 0 spiro atoms. The summed E-state index contributed by atoms with van der Waals surface area (Å²) < 4.78 is 5.74. The molecule has 3 N–H and O–H groups in total. The highest BCUT2D eigenvalue weighted by atomic mass is 16.5. The fourth-order valence-corrected chi connectivity index (χ4v) is 2.64. The molecule has 1 aliphatic carbocycles. The van der Waals surface area contributed by atoms with Crippen LogP contribution < -0.4 is 15.4 Å². The fourth-order valence-electron chi connectivity index (χ4n) is 2.64. The van der Waals surface area contributed by atoms with E-state index >= 15 is 0 Å². The predicted octanol–water partition coefficient (Wildman–Crippen LogP) is 2.14. The Kier molecular flexibility index (Phi) is 5.29. The molecule has 2 rings (SSSR count). The zero-order chi connectivity index (χ0) is 16.2. The standard InChI is InChI=1S/C17H26N2O3/c1-12-5-4-6-13(2)15(12)22-10-9-18-16(21)19-17(3,11-20)14-7-8-14/h4-6,14,20H,7-11H2,1-3H3,(H2,18,19,21). The van der Waals surface area contributed by atoms with Crippen molar-refractivity contribution in [2.75, 3.05) is 19.8 Å². The van der Waals surface area contributed by atoms with Gasteiger partial charge in [-0.15, -0.1) is 0 Å². The van der Waals surface area contributed by atoms with Crippen LogP contribution in [0.1, 0.15) is 30.9 Å². The van der Waals surface area contributed by atoms with Crippen molar-refractivity contribution in [1.29, 1.82) is 0 Å². The highest BCUT2D eigenvalue weighted by Gasteiger charge is 2.42. The third-order valence-electron chi connectivity index (χ3n) is 4.25. The summed E-state index contributed by atoms with van der Waals surface area (Å²) in [5.74, 6) is 1.26. The van der Waals surface area contributed by atoms with Gasteiger partial charge in [0, 0.05) is 0 Å². The first-order chi connectivity index (χ1) is 10.5. The second-order valence-corrected chi connectivity index (χ2v) is 6.30. The summed E-state index contributed by atoms with van der Waals surface area (Å²) in [6, 6.07) is 5.75. The van der Waals surface area contributed by atoms with Gasteiger partial charge in [-0.25, -0.2) is 4.79 Å². The molecular formula is C17H26N2O3. The van der Waals surface area contributed by atoms with Gasteiger partial charge < -0.3 is 20.5 Å². The SMILES string of the molecule is Cc1cccc(C)c1OCCNC(=O)NC(C)(CO)C1CC1. The minimum absolute atomic E-state index is 0.0377. The lowest BCUT2D eigenvalue weighted by Gasteiger charge is -2.28. The van der Waals surface area contributed by atoms with Crippen molar-refractivity contribution in [3.63, 3.8) is 0 Å². The average molecular weight is 306 g/mol. The van der Waals surface area contributed by atoms with Gasteiger partial charge in [-0.1, -0.05) is 18.2 Å². The maximum absolute atomic E-state index is 11.9. The number of urea groups is 1. The molecule has 1 aromatic carbocycles. The Morgan fingerprint density at radius 1 is 1.36 bits per heavy atom. The summed E-state index contributed by atoms with van der Waals surface area (Å²) in [5.41, 5.74) is 1.66. The van der Waals surface area contributed by atoms with E-state index in [1.165, 1.54) is 0 Å². The number of aliphatic hydroxyl groups excluding tert-OH is 1. The van der Waals surface area contributed by atoms with E-state index in [0.29, 0.717) is 19.1 Å². The molecule has 122 valence electrons. The van der Waals surface area contributed by atoms with Gasteiger partial charge in [-0.05, 0) is 50.7 Å². The van der Waals surface area contributed by atoms with E-state index in [-0.39, 0.29) is 12.6 Å². The molecule has 22 heavy (non-hydrogen) atoms. The van der Waals surface area contributed by atoms with E-state index in [4.69, 9.17) is 4.74 Å². The molecule has 0 heterocycles. The van der Waals surface area contributed by atoms with Crippen molar-refractivity contribution in [3.8, 4) is 5.75 Å². The number of carbonyl (C=O) groups is 1.